The van der Waals surface area contributed by atoms with Crippen LogP contribution in [0.15, 0.2) is 76.4 Å². The van der Waals surface area contributed by atoms with Crippen LogP contribution >= 0.6 is 39.3 Å². The maximum absolute atomic E-state index is 11.7. The molecule has 0 unspecified atom stereocenters. The van der Waals surface area contributed by atoms with E-state index in [2.05, 4.69) is 26.1 Å². The smallest absolute Gasteiger partial charge is 0.269 e. The molecule has 10 nitrogen and oxygen atoms in total. The van der Waals surface area contributed by atoms with Crippen LogP contribution in [0.25, 0.3) is 5.69 Å². The maximum Gasteiger partial charge on any atom is 0.269 e. The molecule has 3 aromatic carbocycles. The summed E-state index contributed by atoms with van der Waals surface area (Å²) in [4.78, 5) is 21.9. The summed E-state index contributed by atoms with van der Waals surface area (Å²) < 4.78 is 8.53. The standard InChI is InChI=1S/C24H19BrClN5O5S/c1-15-27-28-24(30(15)19-8-6-18(26)7-9-19)37-23(13-29(32)33)21-12-17(25)5-10-22(21)36-14-16-3-2-4-20(11-16)31(34)35/h2-12,23H,13-14H2,1H3/t23-/m1/s1. The Morgan fingerprint density at radius 2 is 1.84 bits per heavy atom. The number of nitrogens with zero attached hydrogens (tertiary/aromatic N) is 5. The van der Waals surface area contributed by atoms with Gasteiger partial charge >= 0.3 is 0 Å². The number of hydrogen-bond acceptors (Lipinski definition) is 8. The highest BCUT2D eigenvalue weighted by Gasteiger charge is 2.27. The van der Waals surface area contributed by atoms with E-state index >= 15 is 0 Å². The molecule has 190 valence electrons. The molecule has 0 amide bonds. The third-order valence-corrected chi connectivity index (χ3v) is 7.18. The van der Waals surface area contributed by atoms with Gasteiger partial charge in [0.05, 0.1) is 4.92 Å². The molecule has 13 heteroatoms. The van der Waals surface area contributed by atoms with Gasteiger partial charge in [0.2, 0.25) is 6.54 Å². The Bertz CT molecular complexity index is 1450. The molecule has 0 fully saturated rings. The minimum Gasteiger partial charge on any atom is -0.489 e. The molecule has 0 bridgehead atoms. The summed E-state index contributed by atoms with van der Waals surface area (Å²) in [6.07, 6.45) is 0. The molecular weight excluding hydrogens is 586 g/mol. The molecule has 1 aromatic heterocycles. The highest BCUT2D eigenvalue weighted by Crippen LogP contribution is 2.41. The van der Waals surface area contributed by atoms with Crippen LogP contribution in [0.1, 0.15) is 22.2 Å². The predicted octanol–water partition coefficient (Wildman–Crippen LogP) is 6.59. The van der Waals surface area contributed by atoms with Gasteiger partial charge in [0.25, 0.3) is 5.69 Å². The second-order valence-electron chi connectivity index (χ2n) is 7.86. The van der Waals surface area contributed by atoms with Gasteiger partial charge in [-0.05, 0) is 55.0 Å². The van der Waals surface area contributed by atoms with E-state index in [1.165, 1.54) is 23.9 Å². The van der Waals surface area contributed by atoms with E-state index in [-0.39, 0.29) is 12.3 Å². The zero-order valence-electron chi connectivity index (χ0n) is 19.3. The number of halogens is 2. The van der Waals surface area contributed by atoms with Crippen LogP contribution in [0.2, 0.25) is 5.02 Å². The summed E-state index contributed by atoms with van der Waals surface area (Å²) in [5.74, 6) is 1.03. The first-order valence-electron chi connectivity index (χ1n) is 10.8. The van der Waals surface area contributed by atoms with Crippen molar-refractivity contribution in [2.75, 3.05) is 6.54 Å². The average Bonchev–Trinajstić information content (AvgIpc) is 3.23. The highest BCUT2D eigenvalue weighted by atomic mass is 79.9. The normalized spacial score (nSPS) is 11.8. The van der Waals surface area contributed by atoms with Gasteiger partial charge in [0.1, 0.15) is 23.4 Å². The number of nitro groups is 2. The maximum atomic E-state index is 11.7. The number of ether oxygens (including phenoxy) is 1. The second-order valence-corrected chi connectivity index (χ2v) is 10.4. The quantitative estimate of drug-likeness (QED) is 0.113. The number of thioether (sulfide) groups is 1. The van der Waals surface area contributed by atoms with E-state index in [0.29, 0.717) is 32.9 Å². The number of non-ortho nitro benzene ring substituents is 1. The number of rotatable bonds is 10. The van der Waals surface area contributed by atoms with Gasteiger partial charge in [0.15, 0.2) is 5.16 Å². The van der Waals surface area contributed by atoms with E-state index < -0.39 is 21.6 Å². The van der Waals surface area contributed by atoms with Gasteiger partial charge in [-0.15, -0.1) is 10.2 Å². The zero-order valence-corrected chi connectivity index (χ0v) is 22.4. The molecule has 0 aliphatic carbocycles. The van der Waals surface area contributed by atoms with Crippen molar-refractivity contribution in [2.24, 2.45) is 0 Å². The van der Waals surface area contributed by atoms with Crippen molar-refractivity contribution in [3.8, 4) is 11.4 Å². The van der Waals surface area contributed by atoms with Gasteiger partial charge in [-0.2, -0.15) is 0 Å². The first kappa shape index (κ1) is 26.6. The lowest BCUT2D eigenvalue weighted by atomic mass is 10.1. The molecule has 1 heterocycles. The highest BCUT2D eigenvalue weighted by molar-refractivity contribution is 9.10. The van der Waals surface area contributed by atoms with Gasteiger partial charge in [-0.1, -0.05) is 51.4 Å². The van der Waals surface area contributed by atoms with Crippen molar-refractivity contribution in [2.45, 2.75) is 23.9 Å². The SMILES string of the molecule is Cc1nnc(S[C@H](C[N+](=O)[O-])c2cc(Br)ccc2OCc2cccc([N+](=O)[O-])c2)n1-c1ccc(Cl)cc1. The summed E-state index contributed by atoms with van der Waals surface area (Å²) in [6, 6.07) is 18.5. The molecule has 37 heavy (non-hydrogen) atoms. The van der Waals surface area contributed by atoms with Crippen LogP contribution in [0.3, 0.4) is 0 Å². The van der Waals surface area contributed by atoms with Crippen LogP contribution in [0, 0.1) is 27.2 Å². The van der Waals surface area contributed by atoms with Crippen LogP contribution in [-0.4, -0.2) is 31.2 Å². The molecule has 0 aliphatic heterocycles. The first-order valence-corrected chi connectivity index (χ1v) is 12.9. The molecule has 1 atom stereocenters. The number of benzene rings is 3. The summed E-state index contributed by atoms with van der Waals surface area (Å²) in [7, 11) is 0. The zero-order chi connectivity index (χ0) is 26.5. The Kier molecular flexibility index (Phi) is 8.41. The summed E-state index contributed by atoms with van der Waals surface area (Å²) in [6.45, 7) is 1.44. The Balaban J connectivity index is 1.67. The molecule has 0 saturated heterocycles. The van der Waals surface area contributed by atoms with Crippen molar-refractivity contribution in [1.29, 1.82) is 0 Å². The third kappa shape index (κ3) is 6.64. The fourth-order valence-electron chi connectivity index (χ4n) is 3.59. The molecule has 4 rings (SSSR count). The number of hydrogen-bond donors (Lipinski definition) is 0. The monoisotopic (exact) mass is 603 g/mol. The van der Waals surface area contributed by atoms with Crippen LogP contribution < -0.4 is 4.74 Å². The third-order valence-electron chi connectivity index (χ3n) is 5.28. The summed E-state index contributed by atoms with van der Waals surface area (Å²) >= 11 is 10.7. The minimum atomic E-state index is -0.678. The lowest BCUT2D eigenvalue weighted by Gasteiger charge is -2.18. The largest absolute Gasteiger partial charge is 0.489 e. The van der Waals surface area contributed by atoms with Crippen molar-refractivity contribution in [1.82, 2.24) is 14.8 Å². The van der Waals surface area contributed by atoms with E-state index in [1.807, 2.05) is 12.1 Å². The Labute approximate surface area is 229 Å². The lowest BCUT2D eigenvalue weighted by Crippen LogP contribution is -2.13. The van der Waals surface area contributed by atoms with Gasteiger partial charge in [-0.3, -0.25) is 24.8 Å². The van der Waals surface area contributed by atoms with Gasteiger partial charge < -0.3 is 4.74 Å². The van der Waals surface area contributed by atoms with Crippen LogP contribution in [0.4, 0.5) is 5.69 Å². The van der Waals surface area contributed by atoms with Crippen molar-refractivity contribution in [3.63, 3.8) is 0 Å². The van der Waals surface area contributed by atoms with E-state index in [4.69, 9.17) is 16.3 Å². The Morgan fingerprint density at radius 3 is 2.54 bits per heavy atom. The van der Waals surface area contributed by atoms with E-state index in [9.17, 15) is 20.2 Å². The molecule has 0 radical (unpaired) electrons. The number of aromatic nitrogens is 3. The molecule has 0 saturated carbocycles. The first-order chi connectivity index (χ1) is 17.7. The molecule has 0 spiro atoms. The van der Waals surface area contributed by atoms with Crippen molar-refractivity contribution in [3.05, 3.63) is 113 Å². The van der Waals surface area contributed by atoms with Gasteiger partial charge in [0, 0.05) is 37.8 Å². The van der Waals surface area contributed by atoms with Crippen LogP contribution in [0.5, 0.6) is 5.75 Å². The Morgan fingerprint density at radius 1 is 1.08 bits per heavy atom. The molecular formula is C24H19BrClN5O5S. The van der Waals surface area contributed by atoms with E-state index in [0.717, 1.165) is 10.2 Å². The van der Waals surface area contributed by atoms with E-state index in [1.54, 1.807) is 54.0 Å². The van der Waals surface area contributed by atoms with Gasteiger partial charge in [-0.25, -0.2) is 0 Å². The topological polar surface area (TPSA) is 126 Å². The minimum absolute atomic E-state index is 0.0455. The van der Waals surface area contributed by atoms with Crippen molar-refractivity contribution < 1.29 is 14.6 Å². The molecule has 4 aromatic rings. The fraction of sp³-hybridized carbons (Fsp3) is 0.167. The predicted molar refractivity (Wildman–Crippen MR) is 143 cm³/mol. The molecule has 0 N–H and O–H groups in total. The second kappa shape index (κ2) is 11.7. The summed E-state index contributed by atoms with van der Waals surface area (Å²) in [5, 5.41) is 31.6. The number of nitro benzene ring substituents is 1. The van der Waals surface area contributed by atoms with Crippen LogP contribution in [-0.2, 0) is 6.61 Å². The Hall–Kier alpha value is -3.48. The average molecular weight is 605 g/mol. The van der Waals surface area contributed by atoms with Crippen molar-refractivity contribution >= 4 is 45.0 Å². The number of aryl methyl sites for hydroxylation is 1. The summed E-state index contributed by atoms with van der Waals surface area (Å²) in [5.41, 5.74) is 1.89. The fourth-order valence-corrected chi connectivity index (χ4v) is 5.29. The molecule has 0 aliphatic rings. The lowest BCUT2D eigenvalue weighted by molar-refractivity contribution is -0.479.